The second-order valence-electron chi connectivity index (χ2n) is 14.8. The van der Waals surface area contributed by atoms with Crippen molar-refractivity contribution < 1.29 is 43.2 Å². The summed E-state index contributed by atoms with van der Waals surface area (Å²) in [7, 11) is 1.60. The Morgan fingerprint density at radius 1 is 0.840 bits per heavy atom. The van der Waals surface area contributed by atoms with Gasteiger partial charge in [0, 0.05) is 22.3 Å². The van der Waals surface area contributed by atoms with Gasteiger partial charge < -0.3 is 28.8 Å². The van der Waals surface area contributed by atoms with Gasteiger partial charge in [-0.3, -0.25) is 4.79 Å². The van der Waals surface area contributed by atoms with Crippen molar-refractivity contribution in [3.05, 3.63) is 114 Å². The molecule has 0 radical (unpaired) electrons. The number of carbonyl (C=O) groups is 3. The molecule has 9 heteroatoms. The fraction of sp³-hybridized carbons (Fsp3) is 0.439. The molecule has 4 aliphatic rings. The Kier molecular flexibility index (Phi) is 8.73. The van der Waals surface area contributed by atoms with Crippen molar-refractivity contribution in [2.75, 3.05) is 7.11 Å². The molecule has 1 heterocycles. The van der Waals surface area contributed by atoms with Gasteiger partial charge in [-0.05, 0) is 68.0 Å². The van der Waals surface area contributed by atoms with E-state index in [1.807, 2.05) is 51.1 Å². The summed E-state index contributed by atoms with van der Waals surface area (Å²) in [5.74, 6) is -2.36. The average Bonchev–Trinajstić information content (AvgIpc) is 3.67. The Labute approximate surface area is 292 Å². The van der Waals surface area contributed by atoms with Crippen molar-refractivity contribution in [3.63, 3.8) is 0 Å². The molecule has 1 saturated heterocycles. The highest BCUT2D eigenvalue weighted by Gasteiger charge is 2.71. The number of carbonyl (C=O) groups excluding carboxylic acids is 3. The zero-order valence-electron chi connectivity index (χ0n) is 28.9. The van der Waals surface area contributed by atoms with Gasteiger partial charge in [-0.2, -0.15) is 0 Å². The van der Waals surface area contributed by atoms with Crippen LogP contribution in [0.2, 0.25) is 0 Å². The monoisotopic (exact) mass is 680 g/mol. The zero-order chi connectivity index (χ0) is 35.4. The smallest absolute Gasteiger partial charge is 0.338 e. The van der Waals surface area contributed by atoms with Crippen molar-refractivity contribution in [1.82, 2.24) is 0 Å². The van der Waals surface area contributed by atoms with Crippen LogP contribution in [0.1, 0.15) is 79.0 Å². The van der Waals surface area contributed by atoms with E-state index in [0.717, 1.165) is 5.56 Å². The minimum atomic E-state index is -1.86. The second-order valence-corrected chi connectivity index (χ2v) is 14.8. The molecular formula is C41H44O9. The number of benzene rings is 3. The summed E-state index contributed by atoms with van der Waals surface area (Å²) in [5.41, 5.74) is -2.00. The van der Waals surface area contributed by atoms with Crippen LogP contribution in [0.25, 0.3) is 0 Å². The number of rotatable bonds is 6. The van der Waals surface area contributed by atoms with Crippen molar-refractivity contribution in [3.8, 4) is 5.75 Å². The number of ketones is 1. The summed E-state index contributed by atoms with van der Waals surface area (Å²) in [6, 6.07) is 24.6. The minimum absolute atomic E-state index is 0.158. The fourth-order valence-corrected chi connectivity index (χ4v) is 9.10. The first-order chi connectivity index (χ1) is 23.9. The first-order valence-electron chi connectivity index (χ1n) is 17.3. The summed E-state index contributed by atoms with van der Waals surface area (Å²) in [4.78, 5) is 42.6. The molecule has 9 atom stereocenters. The lowest BCUT2D eigenvalue weighted by atomic mass is 9.57. The zero-order valence-corrected chi connectivity index (χ0v) is 28.9. The lowest BCUT2D eigenvalue weighted by Crippen LogP contribution is -2.62. The van der Waals surface area contributed by atoms with Gasteiger partial charge in [0.1, 0.15) is 17.5 Å². The molecule has 7 rings (SSSR count). The highest BCUT2D eigenvalue weighted by atomic mass is 16.7. The summed E-state index contributed by atoms with van der Waals surface area (Å²) < 4.78 is 31.9. The first kappa shape index (κ1) is 34.2. The van der Waals surface area contributed by atoms with Gasteiger partial charge in [0.15, 0.2) is 12.4 Å². The normalized spacial score (nSPS) is 34.4. The Morgan fingerprint density at radius 3 is 2.04 bits per heavy atom. The first-order valence-corrected chi connectivity index (χ1v) is 17.3. The third-order valence-electron chi connectivity index (χ3n) is 12.1. The van der Waals surface area contributed by atoms with Crippen LogP contribution < -0.4 is 4.74 Å². The van der Waals surface area contributed by atoms with Crippen LogP contribution in [0, 0.1) is 22.7 Å². The molecule has 0 spiro atoms. The fourth-order valence-electron chi connectivity index (χ4n) is 9.10. The number of methoxy groups -OCH3 is 1. The van der Waals surface area contributed by atoms with Gasteiger partial charge in [-0.15, -0.1) is 0 Å². The largest absolute Gasteiger partial charge is 0.497 e. The maximum atomic E-state index is 15.0. The number of ether oxygens (including phenoxy) is 5. The van der Waals surface area contributed by atoms with Crippen molar-refractivity contribution in [2.45, 2.75) is 82.8 Å². The topological polar surface area (TPSA) is 118 Å². The predicted molar refractivity (Wildman–Crippen MR) is 183 cm³/mol. The number of hydrogen-bond acceptors (Lipinski definition) is 9. The SMILES string of the molecule is C=C1CC[C@H](OC(=O)c2ccccc2)[C@@]2(C)[C@H]3O[C@H](c4ccc(OC)cc4)O[C@@H]3[C@H]3CC[C@@](O)(C(=O)[C@@H](OC(=O)c4ccccc4)[C@H]12)C3(C)C. The molecule has 50 heavy (non-hydrogen) atoms. The summed E-state index contributed by atoms with van der Waals surface area (Å²) in [5, 5.41) is 12.5. The summed E-state index contributed by atoms with van der Waals surface area (Å²) in [6.45, 7) is 10.1. The molecule has 2 bridgehead atoms. The average molecular weight is 681 g/mol. The van der Waals surface area contributed by atoms with Crippen LogP contribution in [0.5, 0.6) is 5.75 Å². The van der Waals surface area contributed by atoms with Gasteiger partial charge in [0.05, 0.1) is 30.4 Å². The van der Waals surface area contributed by atoms with Gasteiger partial charge in [0.25, 0.3) is 0 Å². The highest BCUT2D eigenvalue weighted by Crippen LogP contribution is 2.63. The molecular weight excluding hydrogens is 636 g/mol. The summed E-state index contributed by atoms with van der Waals surface area (Å²) in [6.07, 6.45) is -3.03. The maximum Gasteiger partial charge on any atom is 0.338 e. The van der Waals surface area contributed by atoms with Gasteiger partial charge in [-0.25, -0.2) is 9.59 Å². The molecule has 3 aliphatic carbocycles. The molecule has 3 saturated carbocycles. The Hall–Kier alpha value is -4.31. The van der Waals surface area contributed by atoms with E-state index in [2.05, 4.69) is 6.58 Å². The van der Waals surface area contributed by atoms with E-state index in [1.54, 1.807) is 61.7 Å². The van der Waals surface area contributed by atoms with E-state index in [-0.39, 0.29) is 17.9 Å². The standard InChI is InChI=1S/C41H44O9/c1-24-16-21-30(47-36(43)25-12-8-6-9-13-25)40(4)31(24)33(48-37(44)26-14-10-7-11-15-26)34(42)41(45)23-22-29(39(41,2)3)32-35(40)50-38(49-32)27-17-19-28(46-5)20-18-27/h6-15,17-20,29-33,35,38,45H,1,16,21-23H2,2-5H3/t29-,30+,31+,32-,33+,35+,38-,40-,41-/m1/s1. The molecule has 0 amide bonds. The third-order valence-corrected chi connectivity index (χ3v) is 12.1. The summed E-state index contributed by atoms with van der Waals surface area (Å²) >= 11 is 0. The Bertz CT molecular complexity index is 1770. The van der Waals surface area contributed by atoms with Gasteiger partial charge >= 0.3 is 11.9 Å². The molecule has 3 aromatic rings. The van der Waals surface area contributed by atoms with E-state index < -0.39 is 70.8 Å². The van der Waals surface area contributed by atoms with E-state index in [1.165, 1.54) is 0 Å². The van der Waals surface area contributed by atoms with Crippen LogP contribution in [0.15, 0.2) is 97.1 Å². The molecule has 3 aromatic carbocycles. The van der Waals surface area contributed by atoms with E-state index in [0.29, 0.717) is 36.1 Å². The molecule has 0 aromatic heterocycles. The van der Waals surface area contributed by atoms with E-state index >= 15 is 4.79 Å². The number of Topliss-reactive ketones (excluding diaryl/α,β-unsaturated/α-hetero) is 1. The lowest BCUT2D eigenvalue weighted by Gasteiger charge is -2.53. The van der Waals surface area contributed by atoms with Crippen molar-refractivity contribution in [2.24, 2.45) is 22.7 Å². The number of hydrogen-bond donors (Lipinski definition) is 1. The quantitative estimate of drug-likeness (QED) is 0.226. The number of aliphatic hydroxyl groups is 1. The Balaban J connectivity index is 1.40. The molecule has 1 N–H and O–H groups in total. The van der Waals surface area contributed by atoms with Crippen LogP contribution in [0.3, 0.4) is 0 Å². The van der Waals surface area contributed by atoms with E-state index in [4.69, 9.17) is 23.7 Å². The van der Waals surface area contributed by atoms with Crippen LogP contribution in [0.4, 0.5) is 0 Å². The molecule has 4 fully saturated rings. The van der Waals surface area contributed by atoms with Crippen molar-refractivity contribution in [1.29, 1.82) is 0 Å². The Morgan fingerprint density at radius 2 is 1.44 bits per heavy atom. The molecule has 0 unspecified atom stereocenters. The molecule has 1 aliphatic heterocycles. The van der Waals surface area contributed by atoms with Crippen LogP contribution >= 0.6 is 0 Å². The van der Waals surface area contributed by atoms with Gasteiger partial charge in [-0.1, -0.05) is 81.5 Å². The van der Waals surface area contributed by atoms with Crippen molar-refractivity contribution >= 4 is 17.7 Å². The highest BCUT2D eigenvalue weighted by molar-refractivity contribution is 5.97. The van der Waals surface area contributed by atoms with Gasteiger partial charge in [0.2, 0.25) is 5.78 Å². The minimum Gasteiger partial charge on any atom is -0.497 e. The van der Waals surface area contributed by atoms with E-state index in [9.17, 15) is 14.7 Å². The maximum absolute atomic E-state index is 15.0. The lowest BCUT2D eigenvalue weighted by molar-refractivity contribution is -0.174. The predicted octanol–water partition coefficient (Wildman–Crippen LogP) is 6.65. The number of fused-ring (bicyclic) bond motifs is 6. The molecule has 262 valence electrons. The van der Waals surface area contributed by atoms with Crippen LogP contribution in [-0.2, 0) is 23.7 Å². The van der Waals surface area contributed by atoms with Crippen LogP contribution in [-0.4, -0.2) is 60.0 Å². The third kappa shape index (κ3) is 5.38. The molecule has 9 nitrogen and oxygen atoms in total. The second kappa shape index (κ2) is 12.8. The number of esters is 2.